The highest BCUT2D eigenvalue weighted by Crippen LogP contribution is 2.23. The molecule has 0 spiro atoms. The van der Waals surface area contributed by atoms with Gasteiger partial charge in [-0.05, 0) is 19.3 Å². The van der Waals surface area contributed by atoms with Crippen LogP contribution in [0, 0.1) is 0 Å². The summed E-state index contributed by atoms with van der Waals surface area (Å²) in [5, 5.41) is 0. The average molecular weight is 217 g/mol. The summed E-state index contributed by atoms with van der Waals surface area (Å²) in [5.41, 5.74) is 1.84. The molecule has 1 saturated heterocycles. The number of hydrogen-bond acceptors (Lipinski definition) is 4. The Morgan fingerprint density at radius 3 is 2.69 bits per heavy atom. The van der Waals surface area contributed by atoms with E-state index in [1.54, 1.807) is 12.7 Å². The Morgan fingerprint density at radius 1 is 1.06 bits per heavy atom. The molecule has 0 N–H and O–H groups in total. The molecular formula is C11H15N5. The molecule has 0 bridgehead atoms. The van der Waals surface area contributed by atoms with Gasteiger partial charge in [-0.15, -0.1) is 0 Å². The molecule has 0 atom stereocenters. The fourth-order valence-corrected chi connectivity index (χ4v) is 2.27. The van der Waals surface area contributed by atoms with E-state index in [0.717, 1.165) is 30.1 Å². The summed E-state index contributed by atoms with van der Waals surface area (Å²) in [6, 6.07) is 0. The number of aromatic nitrogens is 4. The zero-order valence-corrected chi connectivity index (χ0v) is 9.43. The molecule has 1 aliphatic rings. The highest BCUT2D eigenvalue weighted by atomic mass is 15.2. The van der Waals surface area contributed by atoms with E-state index in [-0.39, 0.29) is 0 Å². The van der Waals surface area contributed by atoms with Gasteiger partial charge in [0.1, 0.15) is 6.33 Å². The Labute approximate surface area is 94.1 Å². The van der Waals surface area contributed by atoms with E-state index in [9.17, 15) is 0 Å². The van der Waals surface area contributed by atoms with Crippen LogP contribution in [0.15, 0.2) is 12.7 Å². The van der Waals surface area contributed by atoms with E-state index in [2.05, 4.69) is 19.9 Å². The molecule has 2 aromatic heterocycles. The maximum absolute atomic E-state index is 4.39. The largest absolute Gasteiger partial charge is 0.355 e. The minimum atomic E-state index is 0.913. The van der Waals surface area contributed by atoms with E-state index in [1.807, 2.05) is 11.6 Å². The number of anilines is 1. The number of aryl methyl sites for hydroxylation is 1. The van der Waals surface area contributed by atoms with Crippen LogP contribution in [-0.4, -0.2) is 32.6 Å². The predicted octanol–water partition coefficient (Wildman–Crippen LogP) is 1.35. The summed E-state index contributed by atoms with van der Waals surface area (Å²) in [5.74, 6) is 0.991. The van der Waals surface area contributed by atoms with Crippen molar-refractivity contribution < 1.29 is 0 Å². The second kappa shape index (κ2) is 3.73. The van der Waals surface area contributed by atoms with E-state index in [0.29, 0.717) is 0 Å². The van der Waals surface area contributed by atoms with Crippen LogP contribution in [0.1, 0.15) is 19.3 Å². The molecule has 0 amide bonds. The van der Waals surface area contributed by atoms with E-state index >= 15 is 0 Å². The summed E-state index contributed by atoms with van der Waals surface area (Å²) < 4.78 is 1.93. The zero-order valence-electron chi connectivity index (χ0n) is 9.43. The molecule has 0 aliphatic carbocycles. The van der Waals surface area contributed by atoms with Crippen molar-refractivity contribution in [3.8, 4) is 0 Å². The molecule has 5 heteroatoms. The molecule has 2 aromatic rings. The average Bonchev–Trinajstić information content (AvgIpc) is 2.73. The number of imidazole rings is 1. The SMILES string of the molecule is Cn1cnc2c(N3CCCCC3)ncnc21. The van der Waals surface area contributed by atoms with Crippen molar-refractivity contribution in [3.05, 3.63) is 12.7 Å². The first-order valence-electron chi connectivity index (χ1n) is 5.73. The topological polar surface area (TPSA) is 46.8 Å². The van der Waals surface area contributed by atoms with Crippen LogP contribution < -0.4 is 4.90 Å². The Kier molecular flexibility index (Phi) is 2.23. The van der Waals surface area contributed by atoms with Crippen molar-refractivity contribution >= 4 is 17.0 Å². The van der Waals surface area contributed by atoms with Crippen molar-refractivity contribution in [1.29, 1.82) is 0 Å². The van der Waals surface area contributed by atoms with Crippen LogP contribution >= 0.6 is 0 Å². The van der Waals surface area contributed by atoms with E-state index < -0.39 is 0 Å². The lowest BCUT2D eigenvalue weighted by Gasteiger charge is -2.27. The van der Waals surface area contributed by atoms with Crippen LogP contribution in [0.5, 0.6) is 0 Å². The Bertz CT molecular complexity index is 498. The minimum absolute atomic E-state index is 0.913. The molecule has 0 saturated carbocycles. The van der Waals surface area contributed by atoms with E-state index in [4.69, 9.17) is 0 Å². The highest BCUT2D eigenvalue weighted by Gasteiger charge is 2.17. The van der Waals surface area contributed by atoms with E-state index in [1.165, 1.54) is 19.3 Å². The van der Waals surface area contributed by atoms with Crippen LogP contribution in [0.3, 0.4) is 0 Å². The van der Waals surface area contributed by atoms with Gasteiger partial charge in [-0.1, -0.05) is 0 Å². The summed E-state index contributed by atoms with van der Waals surface area (Å²) in [7, 11) is 1.96. The highest BCUT2D eigenvalue weighted by molar-refractivity contribution is 5.83. The second-order valence-corrected chi connectivity index (χ2v) is 4.27. The first-order valence-corrected chi connectivity index (χ1v) is 5.73. The standard InChI is InChI=1S/C11H15N5/c1-15-8-14-9-10(15)12-7-13-11(9)16-5-3-2-4-6-16/h7-8H,2-6H2,1H3. The van der Waals surface area contributed by atoms with Gasteiger partial charge >= 0.3 is 0 Å². The van der Waals surface area contributed by atoms with Gasteiger partial charge in [0.15, 0.2) is 17.0 Å². The molecule has 3 rings (SSSR count). The number of piperidine rings is 1. The monoisotopic (exact) mass is 217 g/mol. The lowest BCUT2D eigenvalue weighted by atomic mass is 10.1. The van der Waals surface area contributed by atoms with Gasteiger partial charge in [-0.3, -0.25) is 0 Å². The van der Waals surface area contributed by atoms with Gasteiger partial charge in [0.25, 0.3) is 0 Å². The van der Waals surface area contributed by atoms with Crippen molar-refractivity contribution in [2.75, 3.05) is 18.0 Å². The molecule has 16 heavy (non-hydrogen) atoms. The molecular weight excluding hydrogens is 202 g/mol. The fourth-order valence-electron chi connectivity index (χ4n) is 2.27. The Hall–Kier alpha value is -1.65. The predicted molar refractivity (Wildman–Crippen MR) is 62.4 cm³/mol. The van der Waals surface area contributed by atoms with Gasteiger partial charge in [-0.25, -0.2) is 15.0 Å². The summed E-state index contributed by atoms with van der Waals surface area (Å²) >= 11 is 0. The van der Waals surface area contributed by atoms with Gasteiger partial charge < -0.3 is 9.47 Å². The molecule has 0 radical (unpaired) electrons. The molecule has 0 aromatic carbocycles. The third-order valence-electron chi connectivity index (χ3n) is 3.13. The maximum atomic E-state index is 4.39. The van der Waals surface area contributed by atoms with Gasteiger partial charge in [0.2, 0.25) is 0 Å². The molecule has 1 fully saturated rings. The van der Waals surface area contributed by atoms with Crippen LogP contribution in [-0.2, 0) is 7.05 Å². The lowest BCUT2D eigenvalue weighted by Crippen LogP contribution is -2.30. The number of hydrogen-bond donors (Lipinski definition) is 0. The normalized spacial score (nSPS) is 16.9. The minimum Gasteiger partial charge on any atom is -0.355 e. The number of nitrogens with zero attached hydrogens (tertiary/aromatic N) is 5. The fraction of sp³-hybridized carbons (Fsp3) is 0.545. The number of fused-ring (bicyclic) bond motifs is 1. The molecule has 84 valence electrons. The third kappa shape index (κ3) is 1.43. The Balaban J connectivity index is 2.08. The van der Waals surface area contributed by atoms with Crippen molar-refractivity contribution in [3.63, 3.8) is 0 Å². The zero-order chi connectivity index (χ0) is 11.0. The summed E-state index contributed by atoms with van der Waals surface area (Å²) in [4.78, 5) is 15.4. The van der Waals surface area contributed by atoms with Crippen molar-refractivity contribution in [2.24, 2.45) is 7.05 Å². The first kappa shape index (κ1) is 9.57. The third-order valence-corrected chi connectivity index (χ3v) is 3.13. The van der Waals surface area contributed by atoms with Crippen LogP contribution in [0.4, 0.5) is 5.82 Å². The molecule has 5 nitrogen and oxygen atoms in total. The van der Waals surface area contributed by atoms with Crippen molar-refractivity contribution in [1.82, 2.24) is 19.5 Å². The first-order chi connectivity index (χ1) is 7.86. The molecule has 1 aliphatic heterocycles. The summed E-state index contributed by atoms with van der Waals surface area (Å²) in [6.07, 6.45) is 7.25. The smallest absolute Gasteiger partial charge is 0.165 e. The van der Waals surface area contributed by atoms with Crippen molar-refractivity contribution in [2.45, 2.75) is 19.3 Å². The summed E-state index contributed by atoms with van der Waals surface area (Å²) in [6.45, 7) is 2.17. The lowest BCUT2D eigenvalue weighted by molar-refractivity contribution is 0.574. The van der Waals surface area contributed by atoms with Gasteiger partial charge in [-0.2, -0.15) is 0 Å². The maximum Gasteiger partial charge on any atom is 0.165 e. The van der Waals surface area contributed by atoms with Gasteiger partial charge in [0, 0.05) is 20.1 Å². The molecule has 0 unspecified atom stereocenters. The quantitative estimate of drug-likeness (QED) is 0.723. The van der Waals surface area contributed by atoms with Crippen LogP contribution in [0.25, 0.3) is 11.2 Å². The van der Waals surface area contributed by atoms with Crippen LogP contribution in [0.2, 0.25) is 0 Å². The molecule has 3 heterocycles. The van der Waals surface area contributed by atoms with Gasteiger partial charge in [0.05, 0.1) is 6.33 Å². The second-order valence-electron chi connectivity index (χ2n) is 4.27. The Morgan fingerprint density at radius 2 is 1.88 bits per heavy atom. The number of rotatable bonds is 1.